The van der Waals surface area contributed by atoms with Crippen LogP contribution in [-0.2, 0) is 25.7 Å². The number of ether oxygens (including phenoxy) is 1. The Labute approximate surface area is 140 Å². The number of carbonyl (C=O) groups excluding carboxylic acids is 3. The van der Waals surface area contributed by atoms with Gasteiger partial charge in [-0.2, -0.15) is 0 Å². The van der Waals surface area contributed by atoms with E-state index in [-0.39, 0.29) is 36.9 Å². The van der Waals surface area contributed by atoms with Crippen molar-refractivity contribution >= 4 is 17.8 Å². The first-order chi connectivity index (χ1) is 11.6. The molecule has 5 heteroatoms. The lowest BCUT2D eigenvalue weighted by atomic mass is 9.74. The molecular formula is C19H19NO4. The van der Waals surface area contributed by atoms with E-state index in [1.807, 2.05) is 36.4 Å². The van der Waals surface area contributed by atoms with Crippen LogP contribution in [0.5, 0.6) is 0 Å². The maximum absolute atomic E-state index is 13.0. The number of hydrogen-bond donors (Lipinski definition) is 0. The Morgan fingerprint density at radius 3 is 2.71 bits per heavy atom. The Kier molecular flexibility index (Phi) is 3.34. The Morgan fingerprint density at radius 2 is 2.00 bits per heavy atom. The van der Waals surface area contributed by atoms with Gasteiger partial charge in [0.15, 0.2) is 0 Å². The van der Waals surface area contributed by atoms with Crippen molar-refractivity contribution < 1.29 is 19.1 Å². The van der Waals surface area contributed by atoms with Crippen LogP contribution < -0.4 is 0 Å². The number of esters is 1. The molecule has 1 aromatic rings. The summed E-state index contributed by atoms with van der Waals surface area (Å²) in [5.74, 6) is -1.85. The summed E-state index contributed by atoms with van der Waals surface area (Å²) < 4.78 is 5.22. The quantitative estimate of drug-likeness (QED) is 0.482. The summed E-state index contributed by atoms with van der Waals surface area (Å²) in [4.78, 5) is 39.6. The molecule has 5 nitrogen and oxygen atoms in total. The van der Waals surface area contributed by atoms with Gasteiger partial charge >= 0.3 is 5.97 Å². The molecule has 2 amide bonds. The lowest BCUT2D eigenvalue weighted by molar-refractivity contribution is -0.158. The molecular weight excluding hydrogens is 306 g/mol. The van der Waals surface area contributed by atoms with Crippen LogP contribution in [0.1, 0.15) is 18.9 Å². The lowest BCUT2D eigenvalue weighted by Crippen LogP contribution is -2.41. The van der Waals surface area contributed by atoms with Gasteiger partial charge in [0.1, 0.15) is 0 Å². The first-order valence-corrected chi connectivity index (χ1v) is 8.34. The summed E-state index contributed by atoms with van der Waals surface area (Å²) in [5, 5.41) is 0. The second-order valence-electron chi connectivity index (χ2n) is 6.74. The number of imide groups is 1. The lowest BCUT2D eigenvalue weighted by Gasteiger charge is -2.28. The second-order valence-corrected chi connectivity index (χ2v) is 6.74. The summed E-state index contributed by atoms with van der Waals surface area (Å²) in [6, 6.07) is 9.44. The number of benzene rings is 1. The van der Waals surface area contributed by atoms with Crippen molar-refractivity contribution in [3.63, 3.8) is 0 Å². The zero-order valence-corrected chi connectivity index (χ0v) is 13.5. The molecule has 4 atom stereocenters. The van der Waals surface area contributed by atoms with Crippen molar-refractivity contribution in [3.8, 4) is 0 Å². The third kappa shape index (κ3) is 1.90. The molecule has 24 heavy (non-hydrogen) atoms. The van der Waals surface area contributed by atoms with Crippen LogP contribution in [0.4, 0.5) is 0 Å². The summed E-state index contributed by atoms with van der Waals surface area (Å²) in [6.45, 7) is 2.28. The zero-order valence-electron chi connectivity index (χ0n) is 13.5. The summed E-state index contributed by atoms with van der Waals surface area (Å²) in [7, 11) is 0. The minimum absolute atomic E-state index is 0.0448. The zero-order chi connectivity index (χ0) is 16.9. The van der Waals surface area contributed by atoms with E-state index in [4.69, 9.17) is 4.74 Å². The molecule has 1 aliphatic heterocycles. The molecule has 124 valence electrons. The molecule has 0 aromatic heterocycles. The second kappa shape index (κ2) is 5.30. The van der Waals surface area contributed by atoms with Gasteiger partial charge in [-0.25, -0.2) is 0 Å². The number of carbonyl (C=O) groups is 3. The summed E-state index contributed by atoms with van der Waals surface area (Å²) in [6.07, 6.45) is 4.22. The first-order valence-electron chi connectivity index (χ1n) is 8.34. The van der Waals surface area contributed by atoms with Gasteiger partial charge in [-0.3, -0.25) is 19.3 Å². The molecule has 1 heterocycles. The minimum atomic E-state index is -0.955. The topological polar surface area (TPSA) is 63.7 Å². The third-order valence-electron chi connectivity index (χ3n) is 5.51. The number of rotatable bonds is 4. The highest BCUT2D eigenvalue weighted by Crippen LogP contribution is 2.60. The monoisotopic (exact) mass is 325 g/mol. The van der Waals surface area contributed by atoms with Gasteiger partial charge in [0, 0.05) is 0 Å². The maximum Gasteiger partial charge on any atom is 0.316 e. The average Bonchev–Trinajstić information content (AvgIpc) is 3.23. The van der Waals surface area contributed by atoms with Gasteiger partial charge in [0.05, 0.1) is 30.4 Å². The van der Waals surface area contributed by atoms with Crippen molar-refractivity contribution in [1.29, 1.82) is 0 Å². The van der Waals surface area contributed by atoms with E-state index in [0.717, 1.165) is 5.56 Å². The average molecular weight is 325 g/mol. The number of fused-ring (bicyclic) bond motifs is 5. The number of amides is 2. The number of likely N-dealkylation sites (tertiary alicyclic amines) is 1. The highest BCUT2D eigenvalue weighted by molar-refractivity contribution is 6.09. The van der Waals surface area contributed by atoms with E-state index in [9.17, 15) is 14.4 Å². The van der Waals surface area contributed by atoms with Crippen molar-refractivity contribution in [2.45, 2.75) is 19.9 Å². The van der Waals surface area contributed by atoms with E-state index < -0.39 is 17.3 Å². The van der Waals surface area contributed by atoms with Gasteiger partial charge in [0.25, 0.3) is 0 Å². The molecule has 4 unspecified atom stereocenters. The van der Waals surface area contributed by atoms with Crippen molar-refractivity contribution in [2.24, 2.45) is 23.2 Å². The van der Waals surface area contributed by atoms with Crippen molar-refractivity contribution in [2.75, 3.05) is 6.61 Å². The minimum Gasteiger partial charge on any atom is -0.465 e. The van der Waals surface area contributed by atoms with Crippen molar-refractivity contribution in [3.05, 3.63) is 48.0 Å². The molecule has 2 aliphatic carbocycles. The number of allylic oxidation sites excluding steroid dienone is 1. The van der Waals surface area contributed by atoms with Crippen LogP contribution in [0, 0.1) is 23.2 Å². The molecule has 4 rings (SSSR count). The van der Waals surface area contributed by atoms with E-state index >= 15 is 0 Å². The number of nitrogens with zero attached hydrogens (tertiary/aromatic N) is 1. The third-order valence-corrected chi connectivity index (χ3v) is 5.51. The van der Waals surface area contributed by atoms with Gasteiger partial charge < -0.3 is 4.74 Å². The Balaban J connectivity index is 1.66. The predicted octanol–water partition coefficient (Wildman–Crippen LogP) is 1.93. The fraction of sp³-hybridized carbons (Fsp3) is 0.421. The van der Waals surface area contributed by atoms with Gasteiger partial charge in [-0.1, -0.05) is 42.5 Å². The van der Waals surface area contributed by atoms with Crippen LogP contribution in [-0.4, -0.2) is 29.3 Å². The van der Waals surface area contributed by atoms with E-state index in [2.05, 4.69) is 0 Å². The van der Waals surface area contributed by atoms with Gasteiger partial charge in [0.2, 0.25) is 11.8 Å². The van der Waals surface area contributed by atoms with E-state index in [0.29, 0.717) is 6.42 Å². The molecule has 1 saturated carbocycles. The van der Waals surface area contributed by atoms with Crippen LogP contribution in [0.3, 0.4) is 0 Å². The summed E-state index contributed by atoms with van der Waals surface area (Å²) >= 11 is 0. The van der Waals surface area contributed by atoms with Gasteiger partial charge in [-0.05, 0) is 24.8 Å². The molecule has 0 N–H and O–H groups in total. The molecule has 1 saturated heterocycles. The smallest absolute Gasteiger partial charge is 0.316 e. The molecule has 1 aromatic carbocycles. The van der Waals surface area contributed by atoms with E-state index in [1.165, 1.54) is 4.90 Å². The predicted molar refractivity (Wildman–Crippen MR) is 85.3 cm³/mol. The fourth-order valence-corrected chi connectivity index (χ4v) is 4.49. The van der Waals surface area contributed by atoms with Crippen LogP contribution in [0.2, 0.25) is 0 Å². The Morgan fingerprint density at radius 1 is 1.25 bits per heavy atom. The molecule has 0 spiro atoms. The van der Waals surface area contributed by atoms with E-state index in [1.54, 1.807) is 13.0 Å². The fourth-order valence-electron chi connectivity index (χ4n) is 4.49. The molecule has 2 bridgehead atoms. The highest BCUT2D eigenvalue weighted by atomic mass is 16.5. The number of hydrogen-bond acceptors (Lipinski definition) is 4. The first kappa shape index (κ1) is 15.1. The highest BCUT2D eigenvalue weighted by Gasteiger charge is 2.69. The van der Waals surface area contributed by atoms with Crippen LogP contribution in [0.25, 0.3) is 0 Å². The van der Waals surface area contributed by atoms with Crippen LogP contribution in [0.15, 0.2) is 42.5 Å². The molecule has 3 aliphatic rings. The maximum atomic E-state index is 13.0. The largest absolute Gasteiger partial charge is 0.465 e. The summed E-state index contributed by atoms with van der Waals surface area (Å²) in [5.41, 5.74) is -0.0477. The normalized spacial score (nSPS) is 33.2. The molecule has 2 fully saturated rings. The molecule has 0 radical (unpaired) electrons. The standard InChI is InChI=1S/C19H19NO4/c1-2-24-18(23)19-9-8-13(10-19)14-15(19)17(22)20(16(14)21)11-12-6-4-3-5-7-12/h3-9,13-15H,2,10-11H2,1H3. The van der Waals surface area contributed by atoms with Gasteiger partial charge in [-0.15, -0.1) is 0 Å². The Hall–Kier alpha value is -2.43. The Bertz CT molecular complexity index is 741. The SMILES string of the molecule is CCOC(=O)C12C=CC(C1)C1C(=O)N(Cc3ccccc3)C(=O)C12. The van der Waals surface area contributed by atoms with Crippen molar-refractivity contribution in [1.82, 2.24) is 4.90 Å². The van der Waals surface area contributed by atoms with Crippen LogP contribution >= 0.6 is 0 Å².